The monoisotopic (exact) mass is 322 g/mol. The summed E-state index contributed by atoms with van der Waals surface area (Å²) >= 11 is 5.97. The summed E-state index contributed by atoms with van der Waals surface area (Å²) in [5.74, 6) is -0.405. The Balaban J connectivity index is 2.12. The second-order valence-electron chi connectivity index (χ2n) is 6.39. The predicted molar refractivity (Wildman–Crippen MR) is 89.0 cm³/mol. The van der Waals surface area contributed by atoms with Crippen LogP contribution in [0.15, 0.2) is 18.2 Å². The third-order valence-corrected chi connectivity index (χ3v) is 4.43. The predicted octanol–water partition coefficient (Wildman–Crippen LogP) is 3.63. The van der Waals surface area contributed by atoms with Crippen LogP contribution in [0.25, 0.3) is 0 Å². The van der Waals surface area contributed by atoms with Gasteiger partial charge in [0.15, 0.2) is 0 Å². The molecule has 0 bridgehead atoms. The molecule has 0 atom stereocenters. The average Bonchev–Trinajstić information content (AvgIpc) is 2.51. The summed E-state index contributed by atoms with van der Waals surface area (Å²) < 4.78 is 0. The van der Waals surface area contributed by atoms with Crippen LogP contribution >= 0.6 is 11.6 Å². The molecule has 0 aliphatic carbocycles. The van der Waals surface area contributed by atoms with Gasteiger partial charge in [-0.3, -0.25) is 9.59 Å². The van der Waals surface area contributed by atoms with Crippen LogP contribution in [-0.2, 0) is 9.59 Å². The van der Waals surface area contributed by atoms with E-state index in [1.165, 1.54) is 0 Å². The van der Waals surface area contributed by atoms with E-state index in [1.807, 2.05) is 13.0 Å². The normalized spacial score (nSPS) is 15.5. The number of hydrogen-bond donors (Lipinski definition) is 1. The Morgan fingerprint density at radius 2 is 1.82 bits per heavy atom. The second-order valence-corrected chi connectivity index (χ2v) is 6.83. The van der Waals surface area contributed by atoms with Gasteiger partial charge >= 0.3 is 0 Å². The molecule has 1 heterocycles. The van der Waals surface area contributed by atoms with Gasteiger partial charge in [-0.25, -0.2) is 0 Å². The van der Waals surface area contributed by atoms with E-state index in [9.17, 15) is 9.59 Å². The number of likely N-dealkylation sites (tertiary alicyclic amines) is 1. The van der Waals surface area contributed by atoms with Gasteiger partial charge in [-0.15, -0.1) is 0 Å². The third kappa shape index (κ3) is 3.61. The number of aryl methyl sites for hydroxylation is 1. The van der Waals surface area contributed by atoms with Gasteiger partial charge in [-0.2, -0.15) is 0 Å². The molecule has 5 heteroatoms. The second kappa shape index (κ2) is 6.69. The Labute approximate surface area is 136 Å². The summed E-state index contributed by atoms with van der Waals surface area (Å²) in [6, 6.07) is 5.32. The first kappa shape index (κ1) is 16.8. The van der Waals surface area contributed by atoms with Gasteiger partial charge in [0.25, 0.3) is 0 Å². The summed E-state index contributed by atoms with van der Waals surface area (Å²) in [6.45, 7) is 6.74. The van der Waals surface area contributed by atoms with Crippen LogP contribution in [-0.4, -0.2) is 29.8 Å². The molecule has 1 aliphatic heterocycles. The van der Waals surface area contributed by atoms with Crippen LogP contribution in [0.1, 0.15) is 38.7 Å². The molecule has 2 rings (SSSR count). The highest BCUT2D eigenvalue weighted by molar-refractivity contribution is 6.31. The van der Waals surface area contributed by atoms with Crippen molar-refractivity contribution in [2.75, 3.05) is 18.4 Å². The number of benzene rings is 1. The van der Waals surface area contributed by atoms with E-state index < -0.39 is 5.41 Å². The lowest BCUT2D eigenvalue weighted by Gasteiger charge is -2.33. The first-order valence-electron chi connectivity index (χ1n) is 7.69. The first-order chi connectivity index (χ1) is 10.3. The summed E-state index contributed by atoms with van der Waals surface area (Å²) in [4.78, 5) is 27.0. The molecule has 0 aromatic heterocycles. The quantitative estimate of drug-likeness (QED) is 0.864. The fourth-order valence-electron chi connectivity index (χ4n) is 2.60. The van der Waals surface area contributed by atoms with Crippen molar-refractivity contribution < 1.29 is 9.59 Å². The van der Waals surface area contributed by atoms with Gasteiger partial charge in [0.1, 0.15) is 5.41 Å². The molecule has 4 nitrogen and oxygen atoms in total. The van der Waals surface area contributed by atoms with Crippen LogP contribution in [0.5, 0.6) is 0 Å². The number of hydrogen-bond acceptors (Lipinski definition) is 2. The average molecular weight is 323 g/mol. The number of carbonyl (C=O) groups is 2. The smallest absolute Gasteiger partial charge is 0.239 e. The fourth-order valence-corrected chi connectivity index (χ4v) is 2.77. The van der Waals surface area contributed by atoms with E-state index in [0.29, 0.717) is 10.7 Å². The van der Waals surface area contributed by atoms with Gasteiger partial charge in [-0.1, -0.05) is 17.7 Å². The van der Waals surface area contributed by atoms with Gasteiger partial charge in [0.2, 0.25) is 11.8 Å². The first-order valence-corrected chi connectivity index (χ1v) is 8.07. The van der Waals surface area contributed by atoms with Crippen LogP contribution in [0.4, 0.5) is 5.69 Å². The van der Waals surface area contributed by atoms with Crippen LogP contribution in [0.3, 0.4) is 0 Å². The van der Waals surface area contributed by atoms with Crippen LogP contribution < -0.4 is 5.32 Å². The zero-order valence-corrected chi connectivity index (χ0v) is 14.2. The third-order valence-electron chi connectivity index (χ3n) is 4.19. The number of piperidine rings is 1. The maximum Gasteiger partial charge on any atom is 0.239 e. The molecule has 0 unspecified atom stereocenters. The van der Waals surface area contributed by atoms with Crippen LogP contribution in [0.2, 0.25) is 5.02 Å². The van der Waals surface area contributed by atoms with E-state index in [2.05, 4.69) is 5.32 Å². The van der Waals surface area contributed by atoms with Crippen molar-refractivity contribution in [2.45, 2.75) is 40.0 Å². The van der Waals surface area contributed by atoms with Gasteiger partial charge in [0, 0.05) is 23.8 Å². The van der Waals surface area contributed by atoms with Crippen molar-refractivity contribution >= 4 is 29.1 Å². The summed E-state index contributed by atoms with van der Waals surface area (Å²) in [7, 11) is 0. The molecule has 0 saturated carbocycles. The summed E-state index contributed by atoms with van der Waals surface area (Å²) in [5.41, 5.74) is 0.475. The number of nitrogens with zero attached hydrogens (tertiary/aromatic N) is 1. The van der Waals surface area contributed by atoms with E-state index in [-0.39, 0.29) is 11.8 Å². The fraction of sp³-hybridized carbons (Fsp3) is 0.529. The van der Waals surface area contributed by atoms with E-state index >= 15 is 0 Å². The highest BCUT2D eigenvalue weighted by Gasteiger charge is 2.39. The number of carbonyl (C=O) groups excluding carboxylic acids is 2. The van der Waals surface area contributed by atoms with E-state index in [0.717, 1.165) is 37.9 Å². The van der Waals surface area contributed by atoms with E-state index in [1.54, 1.807) is 30.9 Å². The lowest BCUT2D eigenvalue weighted by molar-refractivity contribution is -0.147. The Bertz CT molecular complexity index is 578. The van der Waals surface area contributed by atoms with Gasteiger partial charge in [0.05, 0.1) is 0 Å². The Kier molecular flexibility index (Phi) is 5.12. The van der Waals surface area contributed by atoms with E-state index in [4.69, 9.17) is 11.6 Å². The zero-order valence-electron chi connectivity index (χ0n) is 13.4. The van der Waals surface area contributed by atoms with Crippen molar-refractivity contribution in [1.29, 1.82) is 0 Å². The van der Waals surface area contributed by atoms with Crippen molar-refractivity contribution in [2.24, 2.45) is 5.41 Å². The standard InChI is InChI=1S/C17H23ClN2O2/c1-12-7-8-13(18)11-14(12)19-15(21)17(2,3)16(22)20-9-5-4-6-10-20/h7-8,11H,4-6,9-10H2,1-3H3,(H,19,21). The molecule has 120 valence electrons. The Hall–Kier alpha value is -1.55. The minimum absolute atomic E-state index is 0.107. The molecular weight excluding hydrogens is 300 g/mol. The highest BCUT2D eigenvalue weighted by atomic mass is 35.5. The number of nitrogens with one attached hydrogen (secondary N) is 1. The maximum absolute atomic E-state index is 12.6. The Morgan fingerprint density at radius 1 is 1.18 bits per heavy atom. The molecule has 0 radical (unpaired) electrons. The molecule has 1 fully saturated rings. The number of halogens is 1. The lowest BCUT2D eigenvalue weighted by atomic mass is 9.89. The zero-order chi connectivity index (χ0) is 16.3. The van der Waals surface area contributed by atoms with Gasteiger partial charge < -0.3 is 10.2 Å². The molecule has 1 aromatic rings. The highest BCUT2D eigenvalue weighted by Crippen LogP contribution is 2.26. The minimum Gasteiger partial charge on any atom is -0.342 e. The lowest BCUT2D eigenvalue weighted by Crippen LogP contribution is -2.49. The summed E-state index contributed by atoms with van der Waals surface area (Å²) in [5, 5.41) is 3.40. The molecule has 2 amide bonds. The molecule has 22 heavy (non-hydrogen) atoms. The van der Waals surface area contributed by atoms with Gasteiger partial charge in [-0.05, 0) is 57.7 Å². The number of amides is 2. The molecule has 1 N–H and O–H groups in total. The molecule has 1 saturated heterocycles. The molecule has 0 spiro atoms. The van der Waals surface area contributed by atoms with Crippen molar-refractivity contribution in [3.05, 3.63) is 28.8 Å². The van der Waals surface area contributed by atoms with Crippen molar-refractivity contribution in [3.8, 4) is 0 Å². The van der Waals surface area contributed by atoms with Crippen molar-refractivity contribution in [1.82, 2.24) is 4.90 Å². The molecule has 1 aliphatic rings. The van der Waals surface area contributed by atoms with Crippen molar-refractivity contribution in [3.63, 3.8) is 0 Å². The largest absolute Gasteiger partial charge is 0.342 e. The molecule has 1 aromatic carbocycles. The molecular formula is C17H23ClN2O2. The SMILES string of the molecule is Cc1ccc(Cl)cc1NC(=O)C(C)(C)C(=O)N1CCCCC1. The Morgan fingerprint density at radius 3 is 2.45 bits per heavy atom. The topological polar surface area (TPSA) is 49.4 Å². The van der Waals surface area contributed by atoms with Crippen LogP contribution in [0, 0.1) is 12.3 Å². The number of anilines is 1. The number of rotatable bonds is 3. The minimum atomic E-state index is -1.09. The maximum atomic E-state index is 12.6. The summed E-state index contributed by atoms with van der Waals surface area (Å²) in [6.07, 6.45) is 3.17.